The van der Waals surface area contributed by atoms with Crippen molar-refractivity contribution in [3.63, 3.8) is 0 Å². The first-order chi connectivity index (χ1) is 10.1. The van der Waals surface area contributed by atoms with Gasteiger partial charge in [0.05, 0.1) is 0 Å². The highest BCUT2D eigenvalue weighted by Gasteiger charge is 2.03. The summed E-state index contributed by atoms with van der Waals surface area (Å²) in [6, 6.07) is 11.7. The molecule has 0 saturated carbocycles. The number of aliphatic carboxylic acids is 1. The minimum Gasteiger partial charge on any atom is -0.481 e. The summed E-state index contributed by atoms with van der Waals surface area (Å²) in [5, 5.41) is 20.9. The molecule has 1 aromatic heterocycles. The van der Waals surface area contributed by atoms with Gasteiger partial charge in [0.15, 0.2) is 0 Å². The SMILES string of the molecule is Cn1cc(CNc2cccc(CCC(=O)O)c2)cc1C#N. The smallest absolute Gasteiger partial charge is 0.303 e. The number of nitrogens with one attached hydrogen (secondary N) is 1. The summed E-state index contributed by atoms with van der Waals surface area (Å²) in [5.74, 6) is -0.790. The Morgan fingerprint density at radius 3 is 2.86 bits per heavy atom. The zero-order valence-electron chi connectivity index (χ0n) is 11.8. The molecule has 21 heavy (non-hydrogen) atoms. The van der Waals surface area contributed by atoms with E-state index >= 15 is 0 Å². The summed E-state index contributed by atoms with van der Waals surface area (Å²) in [6.07, 6.45) is 2.57. The monoisotopic (exact) mass is 283 g/mol. The van der Waals surface area contributed by atoms with Gasteiger partial charge in [-0.1, -0.05) is 12.1 Å². The molecule has 0 saturated heterocycles. The van der Waals surface area contributed by atoms with Gasteiger partial charge in [-0.2, -0.15) is 5.26 Å². The van der Waals surface area contributed by atoms with Gasteiger partial charge in [0.1, 0.15) is 11.8 Å². The predicted molar refractivity (Wildman–Crippen MR) is 79.9 cm³/mol. The van der Waals surface area contributed by atoms with Gasteiger partial charge in [-0.25, -0.2) is 0 Å². The average Bonchev–Trinajstić information content (AvgIpc) is 2.84. The van der Waals surface area contributed by atoms with E-state index in [1.807, 2.05) is 43.6 Å². The number of anilines is 1. The van der Waals surface area contributed by atoms with Gasteiger partial charge >= 0.3 is 5.97 Å². The summed E-state index contributed by atoms with van der Waals surface area (Å²) in [4.78, 5) is 10.6. The molecular formula is C16H17N3O2. The van der Waals surface area contributed by atoms with E-state index in [1.54, 1.807) is 4.57 Å². The van der Waals surface area contributed by atoms with E-state index in [-0.39, 0.29) is 6.42 Å². The summed E-state index contributed by atoms with van der Waals surface area (Å²) in [7, 11) is 1.84. The van der Waals surface area contributed by atoms with Crippen LogP contribution in [0.5, 0.6) is 0 Å². The Morgan fingerprint density at radius 2 is 2.19 bits per heavy atom. The minimum atomic E-state index is -0.790. The Balaban J connectivity index is 1.98. The topological polar surface area (TPSA) is 78.1 Å². The molecule has 1 heterocycles. The van der Waals surface area contributed by atoms with E-state index < -0.39 is 5.97 Å². The number of hydrogen-bond donors (Lipinski definition) is 2. The molecule has 2 rings (SSSR count). The van der Waals surface area contributed by atoms with Crippen molar-refractivity contribution in [2.75, 3.05) is 5.32 Å². The molecule has 0 amide bonds. The molecular weight excluding hydrogens is 266 g/mol. The van der Waals surface area contributed by atoms with Gasteiger partial charge in [-0.3, -0.25) is 4.79 Å². The Hall–Kier alpha value is -2.74. The fourth-order valence-corrected chi connectivity index (χ4v) is 2.13. The second kappa shape index (κ2) is 6.62. The Labute approximate surface area is 123 Å². The first kappa shape index (κ1) is 14.7. The predicted octanol–water partition coefficient (Wildman–Crippen LogP) is 2.53. The van der Waals surface area contributed by atoms with Gasteiger partial charge in [-0.15, -0.1) is 0 Å². The molecule has 0 aliphatic carbocycles. The molecule has 0 unspecified atom stereocenters. The zero-order valence-corrected chi connectivity index (χ0v) is 11.8. The number of nitrogens with zero attached hydrogens (tertiary/aromatic N) is 2. The molecule has 5 heteroatoms. The van der Waals surface area contributed by atoms with Crippen LogP contribution >= 0.6 is 0 Å². The third-order valence-corrected chi connectivity index (χ3v) is 3.23. The number of aromatic nitrogens is 1. The number of aryl methyl sites for hydroxylation is 2. The summed E-state index contributed by atoms with van der Waals surface area (Å²) < 4.78 is 1.79. The van der Waals surface area contributed by atoms with E-state index in [4.69, 9.17) is 10.4 Å². The first-order valence-corrected chi connectivity index (χ1v) is 6.68. The van der Waals surface area contributed by atoms with E-state index in [0.29, 0.717) is 18.7 Å². The van der Waals surface area contributed by atoms with E-state index in [0.717, 1.165) is 16.8 Å². The highest BCUT2D eigenvalue weighted by atomic mass is 16.4. The van der Waals surface area contributed by atoms with Crippen molar-refractivity contribution >= 4 is 11.7 Å². The number of carbonyl (C=O) groups is 1. The fourth-order valence-electron chi connectivity index (χ4n) is 2.13. The molecule has 0 aliphatic heterocycles. The van der Waals surface area contributed by atoms with Crippen LogP contribution in [-0.4, -0.2) is 15.6 Å². The van der Waals surface area contributed by atoms with Crippen LogP contribution in [0.2, 0.25) is 0 Å². The zero-order chi connectivity index (χ0) is 15.2. The van der Waals surface area contributed by atoms with Crippen molar-refractivity contribution in [1.29, 1.82) is 5.26 Å². The van der Waals surface area contributed by atoms with Gasteiger partial charge in [0.2, 0.25) is 0 Å². The van der Waals surface area contributed by atoms with E-state index in [9.17, 15) is 4.79 Å². The molecule has 2 N–H and O–H groups in total. The third kappa shape index (κ3) is 4.11. The standard InChI is InChI=1S/C16H17N3O2/c1-19-11-13(8-15(19)9-17)10-18-14-4-2-3-12(7-14)5-6-16(20)21/h2-4,7-8,11,18H,5-6,10H2,1H3,(H,20,21). The normalized spacial score (nSPS) is 10.1. The van der Waals surface area contributed by atoms with Gasteiger partial charge < -0.3 is 15.0 Å². The number of benzene rings is 1. The first-order valence-electron chi connectivity index (χ1n) is 6.68. The molecule has 1 aromatic carbocycles. The van der Waals surface area contributed by atoms with Gasteiger partial charge in [0.25, 0.3) is 0 Å². The Morgan fingerprint density at radius 1 is 1.38 bits per heavy atom. The van der Waals surface area contributed by atoms with Crippen LogP contribution in [-0.2, 0) is 24.8 Å². The van der Waals surface area contributed by atoms with Crippen LogP contribution < -0.4 is 5.32 Å². The summed E-state index contributed by atoms with van der Waals surface area (Å²) in [6.45, 7) is 0.623. The van der Waals surface area contributed by atoms with E-state index in [2.05, 4.69) is 11.4 Å². The van der Waals surface area contributed by atoms with Crippen molar-refractivity contribution in [2.45, 2.75) is 19.4 Å². The fraction of sp³-hybridized carbons (Fsp3) is 0.250. The average molecular weight is 283 g/mol. The van der Waals surface area contributed by atoms with Crippen LogP contribution in [0.1, 0.15) is 23.2 Å². The van der Waals surface area contributed by atoms with E-state index in [1.165, 1.54) is 0 Å². The van der Waals surface area contributed by atoms with Crippen molar-refractivity contribution in [3.05, 3.63) is 53.3 Å². The van der Waals surface area contributed by atoms with Crippen LogP contribution in [0.3, 0.4) is 0 Å². The van der Waals surface area contributed by atoms with Gasteiger partial charge in [0, 0.05) is 31.9 Å². The van der Waals surface area contributed by atoms with Crippen LogP contribution in [0.4, 0.5) is 5.69 Å². The lowest BCUT2D eigenvalue weighted by atomic mass is 10.1. The highest BCUT2D eigenvalue weighted by Crippen LogP contribution is 2.14. The summed E-state index contributed by atoms with van der Waals surface area (Å²) in [5.41, 5.74) is 3.60. The lowest BCUT2D eigenvalue weighted by molar-refractivity contribution is -0.136. The van der Waals surface area contributed by atoms with Crippen molar-refractivity contribution in [3.8, 4) is 6.07 Å². The molecule has 5 nitrogen and oxygen atoms in total. The van der Waals surface area contributed by atoms with Crippen LogP contribution in [0.15, 0.2) is 36.5 Å². The number of hydrogen-bond acceptors (Lipinski definition) is 3. The minimum absolute atomic E-state index is 0.133. The molecule has 0 aliphatic rings. The van der Waals surface area contributed by atoms with Crippen LogP contribution in [0.25, 0.3) is 0 Å². The largest absolute Gasteiger partial charge is 0.481 e. The molecule has 0 radical (unpaired) electrons. The lowest BCUT2D eigenvalue weighted by Crippen LogP contribution is -2.00. The maximum atomic E-state index is 10.6. The van der Waals surface area contributed by atoms with Gasteiger partial charge in [-0.05, 0) is 35.7 Å². The maximum absolute atomic E-state index is 10.6. The number of carboxylic acid groups (broad SMARTS) is 1. The van der Waals surface area contributed by atoms with Crippen molar-refractivity contribution in [1.82, 2.24) is 4.57 Å². The maximum Gasteiger partial charge on any atom is 0.303 e. The second-order valence-corrected chi connectivity index (χ2v) is 4.90. The number of carboxylic acids is 1. The molecule has 0 spiro atoms. The molecule has 108 valence electrons. The highest BCUT2D eigenvalue weighted by molar-refractivity contribution is 5.67. The lowest BCUT2D eigenvalue weighted by Gasteiger charge is -2.07. The summed E-state index contributed by atoms with van der Waals surface area (Å²) >= 11 is 0. The Kier molecular flexibility index (Phi) is 4.62. The molecule has 0 bridgehead atoms. The molecule has 2 aromatic rings. The molecule has 0 fully saturated rings. The number of rotatable bonds is 6. The Bertz CT molecular complexity index is 683. The second-order valence-electron chi connectivity index (χ2n) is 4.90. The van der Waals surface area contributed by atoms with Crippen molar-refractivity contribution in [2.24, 2.45) is 7.05 Å². The van der Waals surface area contributed by atoms with Crippen LogP contribution in [0, 0.1) is 11.3 Å². The molecule has 0 atom stereocenters. The number of nitriles is 1. The third-order valence-electron chi connectivity index (χ3n) is 3.23. The quantitative estimate of drug-likeness (QED) is 0.854. The van der Waals surface area contributed by atoms with Crippen molar-refractivity contribution < 1.29 is 9.90 Å².